The fourth-order valence-corrected chi connectivity index (χ4v) is 2.36. The van der Waals surface area contributed by atoms with E-state index in [0.29, 0.717) is 6.42 Å². The summed E-state index contributed by atoms with van der Waals surface area (Å²) in [5.41, 5.74) is -0.344. The second kappa shape index (κ2) is 12.9. The minimum Gasteiger partial charge on any atom is -0.460 e. The number of allylic oxidation sites excluding steroid dienone is 1. The van der Waals surface area contributed by atoms with Crippen LogP contribution in [0.3, 0.4) is 0 Å². The third-order valence-corrected chi connectivity index (χ3v) is 3.46. The SMILES string of the molecule is C=CCCCCCCCCCCCCC(=O)OC(C)(C)C. The second-order valence-electron chi connectivity index (χ2n) is 6.95. The molecule has 2 heteroatoms. The van der Waals surface area contributed by atoms with Crippen molar-refractivity contribution in [1.82, 2.24) is 0 Å². The highest BCUT2D eigenvalue weighted by molar-refractivity contribution is 5.69. The Morgan fingerprint density at radius 3 is 1.71 bits per heavy atom. The van der Waals surface area contributed by atoms with Crippen LogP contribution in [-0.2, 0) is 9.53 Å². The van der Waals surface area contributed by atoms with Gasteiger partial charge in [-0.05, 0) is 40.0 Å². The summed E-state index contributed by atoms with van der Waals surface area (Å²) in [6, 6.07) is 0. The van der Waals surface area contributed by atoms with Gasteiger partial charge in [-0.15, -0.1) is 6.58 Å². The molecule has 0 aliphatic carbocycles. The summed E-state index contributed by atoms with van der Waals surface area (Å²) >= 11 is 0. The molecule has 0 aliphatic heterocycles. The van der Waals surface area contributed by atoms with Gasteiger partial charge in [0.05, 0.1) is 0 Å². The van der Waals surface area contributed by atoms with Gasteiger partial charge in [0.25, 0.3) is 0 Å². The van der Waals surface area contributed by atoms with Crippen molar-refractivity contribution >= 4 is 5.97 Å². The number of carbonyl (C=O) groups excluding carboxylic acids is 1. The summed E-state index contributed by atoms with van der Waals surface area (Å²) in [6.45, 7) is 9.50. The number of hydrogen-bond acceptors (Lipinski definition) is 2. The summed E-state index contributed by atoms with van der Waals surface area (Å²) in [5, 5.41) is 0. The molecule has 0 aliphatic rings. The third kappa shape index (κ3) is 17.2. The lowest BCUT2D eigenvalue weighted by atomic mass is 10.1. The van der Waals surface area contributed by atoms with Crippen molar-refractivity contribution in [2.45, 2.75) is 103 Å². The van der Waals surface area contributed by atoms with Gasteiger partial charge in [0.2, 0.25) is 0 Å². The molecule has 0 fully saturated rings. The van der Waals surface area contributed by atoms with Gasteiger partial charge < -0.3 is 4.74 Å². The van der Waals surface area contributed by atoms with Crippen LogP contribution in [0.25, 0.3) is 0 Å². The van der Waals surface area contributed by atoms with Crippen LogP contribution in [0.5, 0.6) is 0 Å². The Morgan fingerprint density at radius 1 is 0.857 bits per heavy atom. The standard InChI is InChI=1S/C19H36O2/c1-5-6-7-8-9-10-11-12-13-14-15-16-17-18(20)21-19(2,3)4/h5H,1,6-17H2,2-4H3. The summed E-state index contributed by atoms with van der Waals surface area (Å²) in [7, 11) is 0. The van der Waals surface area contributed by atoms with E-state index in [9.17, 15) is 4.79 Å². The van der Waals surface area contributed by atoms with Crippen LogP contribution in [0.4, 0.5) is 0 Å². The summed E-state index contributed by atoms with van der Waals surface area (Å²) < 4.78 is 5.29. The van der Waals surface area contributed by atoms with Gasteiger partial charge in [-0.25, -0.2) is 0 Å². The van der Waals surface area contributed by atoms with E-state index in [-0.39, 0.29) is 11.6 Å². The fourth-order valence-electron chi connectivity index (χ4n) is 2.36. The van der Waals surface area contributed by atoms with Gasteiger partial charge in [-0.2, -0.15) is 0 Å². The van der Waals surface area contributed by atoms with Crippen LogP contribution < -0.4 is 0 Å². The number of unbranched alkanes of at least 4 members (excludes halogenated alkanes) is 10. The number of ether oxygens (including phenoxy) is 1. The van der Waals surface area contributed by atoms with Gasteiger partial charge in [0.15, 0.2) is 0 Å². The molecule has 0 saturated heterocycles. The molecule has 2 nitrogen and oxygen atoms in total. The largest absolute Gasteiger partial charge is 0.460 e. The molecule has 21 heavy (non-hydrogen) atoms. The predicted molar refractivity (Wildman–Crippen MR) is 91.4 cm³/mol. The Hall–Kier alpha value is -0.790. The highest BCUT2D eigenvalue weighted by Crippen LogP contribution is 2.13. The Kier molecular flexibility index (Phi) is 12.4. The van der Waals surface area contributed by atoms with Crippen LogP contribution in [0.15, 0.2) is 12.7 Å². The first kappa shape index (κ1) is 20.2. The molecule has 0 aromatic heterocycles. The molecule has 0 unspecified atom stereocenters. The van der Waals surface area contributed by atoms with Crippen LogP contribution in [0.2, 0.25) is 0 Å². The Morgan fingerprint density at radius 2 is 1.29 bits per heavy atom. The quantitative estimate of drug-likeness (QED) is 0.230. The molecule has 0 amide bonds. The maximum absolute atomic E-state index is 11.5. The van der Waals surface area contributed by atoms with Crippen molar-refractivity contribution in [3.05, 3.63) is 12.7 Å². The van der Waals surface area contributed by atoms with E-state index < -0.39 is 0 Å². The van der Waals surface area contributed by atoms with E-state index in [4.69, 9.17) is 4.74 Å². The molecule has 0 aromatic rings. The van der Waals surface area contributed by atoms with Crippen molar-refractivity contribution in [2.75, 3.05) is 0 Å². The monoisotopic (exact) mass is 296 g/mol. The van der Waals surface area contributed by atoms with E-state index in [1.165, 1.54) is 51.4 Å². The Bertz CT molecular complexity index is 263. The molecule has 0 saturated carbocycles. The summed E-state index contributed by atoms with van der Waals surface area (Å²) in [6.07, 6.45) is 16.5. The van der Waals surface area contributed by atoms with Crippen LogP contribution in [0.1, 0.15) is 97.8 Å². The number of rotatable bonds is 13. The lowest BCUT2D eigenvalue weighted by Crippen LogP contribution is -2.23. The van der Waals surface area contributed by atoms with E-state index >= 15 is 0 Å². The molecule has 0 heterocycles. The smallest absolute Gasteiger partial charge is 0.306 e. The number of esters is 1. The first-order valence-corrected chi connectivity index (χ1v) is 8.78. The highest BCUT2D eigenvalue weighted by atomic mass is 16.6. The average molecular weight is 296 g/mol. The zero-order chi connectivity index (χ0) is 16.0. The van der Waals surface area contributed by atoms with Gasteiger partial charge >= 0.3 is 5.97 Å². The second-order valence-corrected chi connectivity index (χ2v) is 6.95. The first-order chi connectivity index (χ1) is 9.95. The Labute approximate surface area is 132 Å². The molecule has 0 N–H and O–H groups in total. The predicted octanol–water partition coefficient (Wildman–Crippen LogP) is 6.20. The fraction of sp³-hybridized carbons (Fsp3) is 0.842. The lowest BCUT2D eigenvalue weighted by molar-refractivity contribution is -0.154. The molecule has 0 rings (SSSR count). The van der Waals surface area contributed by atoms with Gasteiger partial charge in [-0.1, -0.05) is 57.4 Å². The van der Waals surface area contributed by atoms with Crippen molar-refractivity contribution in [1.29, 1.82) is 0 Å². The first-order valence-electron chi connectivity index (χ1n) is 8.78. The molecular weight excluding hydrogens is 260 g/mol. The van der Waals surface area contributed by atoms with Crippen LogP contribution in [-0.4, -0.2) is 11.6 Å². The van der Waals surface area contributed by atoms with Crippen molar-refractivity contribution in [3.8, 4) is 0 Å². The normalized spacial score (nSPS) is 11.4. The zero-order valence-corrected chi connectivity index (χ0v) is 14.6. The van der Waals surface area contributed by atoms with Crippen molar-refractivity contribution < 1.29 is 9.53 Å². The number of hydrogen-bond donors (Lipinski definition) is 0. The lowest BCUT2D eigenvalue weighted by Gasteiger charge is -2.19. The maximum atomic E-state index is 11.5. The molecular formula is C19H36O2. The third-order valence-electron chi connectivity index (χ3n) is 3.46. The molecule has 0 atom stereocenters. The maximum Gasteiger partial charge on any atom is 0.306 e. The van der Waals surface area contributed by atoms with Gasteiger partial charge in [-0.3, -0.25) is 4.79 Å². The minimum atomic E-state index is -0.344. The Balaban J connectivity index is 3.19. The number of carbonyl (C=O) groups is 1. The average Bonchev–Trinajstić information content (AvgIpc) is 2.38. The van der Waals surface area contributed by atoms with Gasteiger partial charge in [0.1, 0.15) is 5.60 Å². The summed E-state index contributed by atoms with van der Waals surface area (Å²) in [5.74, 6) is -0.0537. The summed E-state index contributed by atoms with van der Waals surface area (Å²) in [4.78, 5) is 11.5. The van der Waals surface area contributed by atoms with Crippen molar-refractivity contribution in [2.24, 2.45) is 0 Å². The molecule has 0 aromatic carbocycles. The van der Waals surface area contributed by atoms with E-state index in [1.807, 2.05) is 26.8 Å². The van der Waals surface area contributed by atoms with E-state index in [0.717, 1.165) is 19.3 Å². The van der Waals surface area contributed by atoms with E-state index in [1.54, 1.807) is 0 Å². The van der Waals surface area contributed by atoms with Gasteiger partial charge in [0, 0.05) is 6.42 Å². The van der Waals surface area contributed by atoms with Crippen LogP contribution in [0, 0.1) is 0 Å². The molecule has 124 valence electrons. The van der Waals surface area contributed by atoms with E-state index in [2.05, 4.69) is 6.58 Å². The molecule has 0 radical (unpaired) electrons. The topological polar surface area (TPSA) is 26.3 Å². The van der Waals surface area contributed by atoms with Crippen LogP contribution >= 0.6 is 0 Å². The van der Waals surface area contributed by atoms with Crippen molar-refractivity contribution in [3.63, 3.8) is 0 Å². The minimum absolute atomic E-state index is 0.0537. The highest BCUT2D eigenvalue weighted by Gasteiger charge is 2.15. The molecule has 0 bridgehead atoms. The molecule has 0 spiro atoms. The zero-order valence-electron chi connectivity index (χ0n) is 14.6.